The number of rotatable bonds is 11. The topological polar surface area (TPSA) is 132 Å². The lowest BCUT2D eigenvalue weighted by Gasteiger charge is -2.19. The maximum atomic E-state index is 12.8. The van der Waals surface area contributed by atoms with Crippen molar-refractivity contribution in [3.63, 3.8) is 0 Å². The number of nitrogens with one attached hydrogen (secondary N) is 2. The van der Waals surface area contributed by atoms with Gasteiger partial charge in [-0.2, -0.15) is 0 Å². The van der Waals surface area contributed by atoms with E-state index in [2.05, 4.69) is 15.8 Å². The summed E-state index contributed by atoms with van der Waals surface area (Å²) >= 11 is 0. The lowest BCUT2D eigenvalue weighted by molar-refractivity contribution is -0.126. The maximum absolute atomic E-state index is 12.8. The molecule has 0 radical (unpaired) electrons. The summed E-state index contributed by atoms with van der Waals surface area (Å²) in [5.41, 5.74) is 0.848. The van der Waals surface area contributed by atoms with Crippen molar-refractivity contribution in [1.29, 1.82) is 0 Å². The molecule has 0 bridgehead atoms. The number of carbonyl (C=O) groups excluding carboxylic acids is 3. The Morgan fingerprint density at radius 1 is 1.09 bits per heavy atom. The number of hydrogen-bond acceptors (Lipinski definition) is 8. The molecule has 3 rings (SSSR count). The molecule has 2 aromatic rings. The summed E-state index contributed by atoms with van der Waals surface area (Å²) in [6, 6.07) is 6.96. The maximum Gasteiger partial charge on any atom is 0.240 e. The van der Waals surface area contributed by atoms with Gasteiger partial charge in [0.25, 0.3) is 0 Å². The van der Waals surface area contributed by atoms with Gasteiger partial charge in [-0.25, -0.2) is 0 Å². The Morgan fingerprint density at radius 3 is 2.66 bits per heavy atom. The Hall–Kier alpha value is -3.60. The van der Waals surface area contributed by atoms with Gasteiger partial charge < -0.3 is 29.4 Å². The molecular formula is C21H26N4O7. The van der Waals surface area contributed by atoms with E-state index in [-0.39, 0.29) is 50.4 Å². The molecule has 0 atom stereocenters. The Bertz CT molecular complexity index is 959. The lowest BCUT2D eigenvalue weighted by Crippen LogP contribution is -2.42. The van der Waals surface area contributed by atoms with Gasteiger partial charge in [0.15, 0.2) is 17.3 Å². The van der Waals surface area contributed by atoms with Crippen molar-refractivity contribution >= 4 is 23.5 Å². The largest absolute Gasteiger partial charge is 0.454 e. The number of aryl methyl sites for hydroxylation is 1. The number of carbonyl (C=O) groups is 3. The molecule has 172 valence electrons. The number of hydrogen-bond donors (Lipinski definition) is 2. The number of benzene rings is 1. The average molecular weight is 446 g/mol. The van der Waals surface area contributed by atoms with Crippen LogP contribution in [0.1, 0.15) is 24.2 Å². The molecule has 0 saturated carbocycles. The minimum absolute atomic E-state index is 0.0397. The van der Waals surface area contributed by atoms with Crippen LogP contribution >= 0.6 is 0 Å². The number of methoxy groups -OCH3 is 1. The summed E-state index contributed by atoms with van der Waals surface area (Å²) in [5.74, 6) is 0.933. The third-order valence-electron chi connectivity index (χ3n) is 4.62. The molecule has 11 heteroatoms. The first kappa shape index (κ1) is 23.1. The summed E-state index contributed by atoms with van der Waals surface area (Å²) in [6.45, 7) is 2.58. The monoisotopic (exact) mass is 446 g/mol. The number of ether oxygens (including phenoxy) is 3. The summed E-state index contributed by atoms with van der Waals surface area (Å²) in [5, 5.41) is 9.24. The fourth-order valence-electron chi connectivity index (χ4n) is 2.96. The van der Waals surface area contributed by atoms with Crippen LogP contribution in [0.5, 0.6) is 11.5 Å². The molecule has 11 nitrogen and oxygen atoms in total. The molecule has 0 unspecified atom stereocenters. The number of aromatic nitrogens is 1. The molecule has 0 saturated heterocycles. The van der Waals surface area contributed by atoms with Crippen LogP contribution in [0.3, 0.4) is 0 Å². The fourth-order valence-corrected chi connectivity index (χ4v) is 2.96. The predicted octanol–water partition coefficient (Wildman–Crippen LogP) is 0.904. The van der Waals surface area contributed by atoms with Crippen molar-refractivity contribution in [2.75, 3.05) is 38.5 Å². The number of anilines is 1. The highest BCUT2D eigenvalue weighted by Gasteiger charge is 2.23. The third-order valence-corrected chi connectivity index (χ3v) is 4.62. The molecule has 1 aliphatic rings. The Kier molecular flexibility index (Phi) is 8.03. The second kappa shape index (κ2) is 11.1. The van der Waals surface area contributed by atoms with E-state index in [4.69, 9.17) is 18.7 Å². The highest BCUT2D eigenvalue weighted by atomic mass is 16.7. The second-order valence-electron chi connectivity index (χ2n) is 7.08. The zero-order valence-corrected chi connectivity index (χ0v) is 18.0. The van der Waals surface area contributed by atoms with E-state index >= 15 is 0 Å². The quantitative estimate of drug-likeness (QED) is 0.487. The van der Waals surface area contributed by atoms with Gasteiger partial charge in [-0.05, 0) is 24.6 Å². The van der Waals surface area contributed by atoms with E-state index in [1.807, 2.05) is 6.07 Å². The van der Waals surface area contributed by atoms with E-state index in [9.17, 15) is 14.4 Å². The Morgan fingerprint density at radius 2 is 1.91 bits per heavy atom. The van der Waals surface area contributed by atoms with Gasteiger partial charge in [-0.15, -0.1) is 0 Å². The molecular weight excluding hydrogens is 420 g/mol. The van der Waals surface area contributed by atoms with Crippen LogP contribution in [0.15, 0.2) is 28.8 Å². The molecule has 1 aromatic heterocycles. The van der Waals surface area contributed by atoms with Crippen molar-refractivity contribution < 1.29 is 33.1 Å². The highest BCUT2D eigenvalue weighted by molar-refractivity contribution is 5.99. The van der Waals surface area contributed by atoms with Crippen molar-refractivity contribution in [2.45, 2.75) is 26.3 Å². The standard InChI is InChI=1S/C21H26N4O7/c1-14-9-18(24-32-14)25(12-20(27)22-7-8-29-2)21(28)6-5-19(26)23-11-15-3-4-16-17(10-15)31-13-30-16/h3-4,9-10H,5-8,11-13H2,1-2H3,(H,22,27)(H,23,26). The normalized spacial score (nSPS) is 11.8. The van der Waals surface area contributed by atoms with Gasteiger partial charge in [-0.1, -0.05) is 11.2 Å². The Balaban J connectivity index is 1.51. The zero-order valence-electron chi connectivity index (χ0n) is 18.0. The van der Waals surface area contributed by atoms with E-state index in [1.54, 1.807) is 25.1 Å². The molecule has 0 spiro atoms. The molecule has 0 aliphatic carbocycles. The predicted molar refractivity (Wildman–Crippen MR) is 112 cm³/mol. The SMILES string of the molecule is COCCNC(=O)CN(C(=O)CCC(=O)NCc1ccc2c(c1)OCO2)c1cc(C)on1. The van der Waals surface area contributed by atoms with E-state index in [1.165, 1.54) is 12.0 Å². The molecule has 1 aliphatic heterocycles. The van der Waals surface area contributed by atoms with Gasteiger partial charge in [0, 0.05) is 39.1 Å². The second-order valence-corrected chi connectivity index (χ2v) is 7.08. The van der Waals surface area contributed by atoms with Gasteiger partial charge in [0.2, 0.25) is 24.5 Å². The molecule has 1 aromatic carbocycles. The van der Waals surface area contributed by atoms with Gasteiger partial charge in [0.05, 0.1) is 6.61 Å². The van der Waals surface area contributed by atoms with Crippen LogP contribution in [-0.4, -0.2) is 56.5 Å². The first-order valence-electron chi connectivity index (χ1n) is 10.1. The number of nitrogens with zero attached hydrogens (tertiary/aromatic N) is 2. The third kappa shape index (κ3) is 6.45. The average Bonchev–Trinajstić information content (AvgIpc) is 3.42. The minimum Gasteiger partial charge on any atom is -0.454 e. The van der Waals surface area contributed by atoms with Gasteiger partial charge in [-0.3, -0.25) is 19.3 Å². The lowest BCUT2D eigenvalue weighted by atomic mass is 10.2. The van der Waals surface area contributed by atoms with Crippen LogP contribution in [0.2, 0.25) is 0 Å². The molecule has 0 fully saturated rings. The van der Waals surface area contributed by atoms with E-state index in [0.29, 0.717) is 30.4 Å². The van der Waals surface area contributed by atoms with Crippen molar-refractivity contribution in [2.24, 2.45) is 0 Å². The van der Waals surface area contributed by atoms with Crippen LogP contribution < -0.4 is 25.0 Å². The first-order chi connectivity index (χ1) is 15.5. The molecule has 2 heterocycles. The van der Waals surface area contributed by atoms with E-state index < -0.39 is 5.91 Å². The zero-order chi connectivity index (χ0) is 22.9. The summed E-state index contributed by atoms with van der Waals surface area (Å²) in [4.78, 5) is 38.4. The van der Waals surface area contributed by atoms with Crippen molar-refractivity contribution in [3.8, 4) is 11.5 Å². The van der Waals surface area contributed by atoms with Gasteiger partial charge in [0.1, 0.15) is 12.3 Å². The summed E-state index contributed by atoms with van der Waals surface area (Å²) < 4.78 is 20.5. The summed E-state index contributed by atoms with van der Waals surface area (Å²) in [7, 11) is 1.53. The molecule has 32 heavy (non-hydrogen) atoms. The smallest absolute Gasteiger partial charge is 0.240 e. The van der Waals surface area contributed by atoms with Crippen LogP contribution in [0.4, 0.5) is 5.82 Å². The number of fused-ring (bicyclic) bond motifs is 1. The first-order valence-corrected chi connectivity index (χ1v) is 10.1. The van der Waals surface area contributed by atoms with Crippen LogP contribution in [0, 0.1) is 6.92 Å². The summed E-state index contributed by atoms with van der Waals surface area (Å²) in [6.07, 6.45) is -0.133. The van der Waals surface area contributed by atoms with Crippen molar-refractivity contribution in [1.82, 2.24) is 15.8 Å². The highest BCUT2D eigenvalue weighted by Crippen LogP contribution is 2.32. The van der Waals surface area contributed by atoms with E-state index in [0.717, 1.165) is 5.56 Å². The van der Waals surface area contributed by atoms with Crippen molar-refractivity contribution in [3.05, 3.63) is 35.6 Å². The minimum atomic E-state index is -0.418. The van der Waals surface area contributed by atoms with Crippen LogP contribution in [0.25, 0.3) is 0 Å². The van der Waals surface area contributed by atoms with Gasteiger partial charge >= 0.3 is 0 Å². The molecule has 3 amide bonds. The Labute approximate surface area is 185 Å². The fraction of sp³-hybridized carbons (Fsp3) is 0.429. The van der Waals surface area contributed by atoms with Crippen LogP contribution in [-0.2, 0) is 25.7 Å². The number of amides is 3. The molecule has 2 N–H and O–H groups in total.